The molecule has 0 unspecified atom stereocenters. The van der Waals surface area contributed by atoms with Crippen LogP contribution in [0, 0.1) is 0 Å². The molecule has 0 heterocycles. The first-order chi connectivity index (χ1) is 12.3. The third kappa shape index (κ3) is 26.4. The normalized spacial score (nSPS) is 11.8. The molecule has 0 aliphatic rings. The van der Waals surface area contributed by atoms with Gasteiger partial charge in [-0.15, -0.1) is 0 Å². The standard InChI is InChI=1S/C9H14O7.C4H6O3.C2H4O2.Na/c1-5(12)15-8(4-11)9(7(14)3-10)16-6(2)13;1-3(5)7-4(2)6;1-2(3)4;/h4,7-10,14H,3H2,1-2H3;1-2H3;1H3,(H,3,4);/q;;;+1/p-1/t7-,8+,9+;;;/m1.../s1. The maximum Gasteiger partial charge on any atom is 1.00 e. The summed E-state index contributed by atoms with van der Waals surface area (Å²) in [5.74, 6) is -3.74. The SMILES string of the molecule is CC(=O)OC(C)=O.CC(=O)O[C@@H]([C@H](O)CO)[C@H](C=O)OC(C)=O.CC(=O)[O-].[Na+]. The van der Waals surface area contributed by atoms with Gasteiger partial charge in [0.25, 0.3) is 0 Å². The second-order valence-corrected chi connectivity index (χ2v) is 4.61. The predicted octanol–water partition coefficient (Wildman–Crippen LogP) is -5.74. The molecule has 0 saturated carbocycles. The summed E-state index contributed by atoms with van der Waals surface area (Å²) in [6, 6.07) is 0. The van der Waals surface area contributed by atoms with Crippen molar-refractivity contribution in [3.05, 3.63) is 0 Å². The number of carbonyl (C=O) groups excluding carboxylic acids is 6. The van der Waals surface area contributed by atoms with Crippen molar-refractivity contribution >= 4 is 36.1 Å². The number of hydrogen-bond donors (Lipinski definition) is 2. The molecule has 0 saturated heterocycles. The van der Waals surface area contributed by atoms with Gasteiger partial charge in [-0.25, -0.2) is 0 Å². The Labute approximate surface area is 183 Å². The first-order valence-corrected chi connectivity index (χ1v) is 7.23. The van der Waals surface area contributed by atoms with Gasteiger partial charge >= 0.3 is 53.4 Å². The third-order valence-corrected chi connectivity index (χ3v) is 1.92. The second-order valence-electron chi connectivity index (χ2n) is 4.61. The van der Waals surface area contributed by atoms with E-state index in [1.165, 1.54) is 13.8 Å². The molecule has 13 heteroatoms. The Morgan fingerprint density at radius 1 is 0.893 bits per heavy atom. The van der Waals surface area contributed by atoms with Crippen molar-refractivity contribution in [3.63, 3.8) is 0 Å². The average molecular weight is 418 g/mol. The quantitative estimate of drug-likeness (QED) is 0.137. The molecule has 0 bridgehead atoms. The molecule has 0 aromatic heterocycles. The molecule has 0 spiro atoms. The van der Waals surface area contributed by atoms with Crippen molar-refractivity contribution in [2.45, 2.75) is 52.9 Å². The molecule has 28 heavy (non-hydrogen) atoms. The van der Waals surface area contributed by atoms with E-state index >= 15 is 0 Å². The smallest absolute Gasteiger partial charge is 0.550 e. The molecule has 0 aromatic rings. The van der Waals surface area contributed by atoms with Crippen molar-refractivity contribution < 1.29 is 87.9 Å². The zero-order valence-corrected chi connectivity index (χ0v) is 18.5. The van der Waals surface area contributed by atoms with Crippen molar-refractivity contribution in [2.75, 3.05) is 6.61 Å². The Hall–Kier alpha value is -1.86. The number of aldehydes is 1. The van der Waals surface area contributed by atoms with Gasteiger partial charge in [0.05, 0.1) is 6.61 Å². The van der Waals surface area contributed by atoms with Gasteiger partial charge in [0.2, 0.25) is 0 Å². The van der Waals surface area contributed by atoms with Crippen LogP contribution in [0.1, 0.15) is 34.6 Å². The fourth-order valence-electron chi connectivity index (χ4n) is 1.23. The van der Waals surface area contributed by atoms with Crippen LogP contribution in [-0.4, -0.2) is 71.3 Å². The Balaban J connectivity index is -0.000000199. The van der Waals surface area contributed by atoms with E-state index in [0.29, 0.717) is 0 Å². The maximum absolute atomic E-state index is 10.7. The Morgan fingerprint density at radius 2 is 1.25 bits per heavy atom. The van der Waals surface area contributed by atoms with Gasteiger partial charge in [0, 0.05) is 33.7 Å². The van der Waals surface area contributed by atoms with E-state index in [-0.39, 0.29) is 35.8 Å². The average Bonchev–Trinajstić information content (AvgIpc) is 2.48. The summed E-state index contributed by atoms with van der Waals surface area (Å²) in [6.45, 7) is 4.73. The summed E-state index contributed by atoms with van der Waals surface area (Å²) in [6.07, 6.45) is -4.14. The molecule has 0 aliphatic heterocycles. The fraction of sp³-hybridized carbons (Fsp3) is 0.600. The largest absolute Gasteiger partial charge is 1.00 e. The van der Waals surface area contributed by atoms with E-state index in [1.807, 2.05) is 0 Å². The summed E-state index contributed by atoms with van der Waals surface area (Å²) < 4.78 is 13.1. The van der Waals surface area contributed by atoms with Gasteiger partial charge in [-0.3, -0.25) is 24.0 Å². The molecule has 3 atom stereocenters. The number of carboxylic acids is 1. The van der Waals surface area contributed by atoms with Gasteiger partial charge in [0.15, 0.2) is 18.5 Å². The summed E-state index contributed by atoms with van der Waals surface area (Å²) >= 11 is 0. The van der Waals surface area contributed by atoms with E-state index in [9.17, 15) is 29.1 Å². The summed E-state index contributed by atoms with van der Waals surface area (Å²) in [4.78, 5) is 60.5. The van der Waals surface area contributed by atoms with E-state index < -0.39 is 54.8 Å². The topological polar surface area (TPSA) is 194 Å². The minimum atomic E-state index is -1.50. The van der Waals surface area contributed by atoms with Crippen LogP contribution in [0.2, 0.25) is 0 Å². The van der Waals surface area contributed by atoms with Crippen LogP contribution in [0.15, 0.2) is 0 Å². The van der Waals surface area contributed by atoms with Crippen LogP contribution in [0.5, 0.6) is 0 Å². The molecule has 0 radical (unpaired) electrons. The summed E-state index contributed by atoms with van der Waals surface area (Å²) in [5, 5.41) is 26.9. The monoisotopic (exact) mass is 418 g/mol. The molecule has 156 valence electrons. The van der Waals surface area contributed by atoms with Gasteiger partial charge in [-0.1, -0.05) is 0 Å². The summed E-state index contributed by atoms with van der Waals surface area (Å²) in [5.41, 5.74) is 0. The minimum absolute atomic E-state index is 0. The van der Waals surface area contributed by atoms with Gasteiger partial charge in [-0.05, 0) is 6.92 Å². The number of aliphatic hydroxyl groups is 2. The first kappa shape index (κ1) is 33.7. The number of hydrogen-bond acceptors (Lipinski definition) is 12. The van der Waals surface area contributed by atoms with Crippen LogP contribution in [0.4, 0.5) is 0 Å². The van der Waals surface area contributed by atoms with Crippen LogP contribution in [0.3, 0.4) is 0 Å². The molecular formula is C15H23NaO12. The number of ether oxygens (including phenoxy) is 3. The molecule has 0 aliphatic carbocycles. The van der Waals surface area contributed by atoms with Crippen LogP contribution < -0.4 is 34.7 Å². The number of carbonyl (C=O) groups is 6. The van der Waals surface area contributed by atoms with E-state index in [4.69, 9.17) is 15.0 Å². The first-order valence-electron chi connectivity index (χ1n) is 7.23. The number of carboxylic acid groups (broad SMARTS) is 1. The van der Waals surface area contributed by atoms with Crippen LogP contribution in [-0.2, 0) is 43.0 Å². The molecule has 0 rings (SSSR count). The zero-order valence-electron chi connectivity index (χ0n) is 16.5. The van der Waals surface area contributed by atoms with Crippen LogP contribution >= 0.6 is 0 Å². The molecule has 0 fully saturated rings. The van der Waals surface area contributed by atoms with Crippen molar-refractivity contribution in [2.24, 2.45) is 0 Å². The van der Waals surface area contributed by atoms with Gasteiger partial charge in [-0.2, -0.15) is 0 Å². The van der Waals surface area contributed by atoms with Crippen molar-refractivity contribution in [3.8, 4) is 0 Å². The number of aliphatic hydroxyl groups excluding tert-OH is 2. The molecule has 2 N–H and O–H groups in total. The van der Waals surface area contributed by atoms with E-state index in [1.54, 1.807) is 0 Å². The molecule has 0 aromatic carbocycles. The Bertz CT molecular complexity index is 503. The van der Waals surface area contributed by atoms with Crippen LogP contribution in [0.25, 0.3) is 0 Å². The molecular weight excluding hydrogens is 395 g/mol. The number of esters is 4. The van der Waals surface area contributed by atoms with Gasteiger partial charge < -0.3 is 34.3 Å². The Kier molecular flexibility index (Phi) is 23.9. The second kappa shape index (κ2) is 19.9. The fourth-order valence-corrected chi connectivity index (χ4v) is 1.23. The molecule has 12 nitrogen and oxygen atoms in total. The van der Waals surface area contributed by atoms with E-state index in [0.717, 1.165) is 20.8 Å². The molecule has 0 amide bonds. The van der Waals surface area contributed by atoms with Gasteiger partial charge in [0.1, 0.15) is 6.10 Å². The third-order valence-electron chi connectivity index (χ3n) is 1.92. The number of aliphatic carboxylic acids is 1. The van der Waals surface area contributed by atoms with Crippen molar-refractivity contribution in [1.82, 2.24) is 0 Å². The minimum Gasteiger partial charge on any atom is -0.550 e. The Morgan fingerprint density at radius 3 is 1.43 bits per heavy atom. The van der Waals surface area contributed by atoms with E-state index in [2.05, 4.69) is 14.2 Å². The number of rotatable bonds is 6. The zero-order chi connectivity index (χ0) is 22.2. The van der Waals surface area contributed by atoms with Crippen molar-refractivity contribution in [1.29, 1.82) is 0 Å². The maximum atomic E-state index is 10.7. The summed E-state index contributed by atoms with van der Waals surface area (Å²) in [7, 11) is 0. The predicted molar refractivity (Wildman–Crippen MR) is 83.4 cm³/mol.